The molecule has 0 unspecified atom stereocenters. The number of rotatable bonds is 4. The van der Waals surface area contributed by atoms with Crippen LogP contribution < -0.4 is 5.73 Å². The smallest absolute Gasteiger partial charge is 0.375 e. The molecule has 1 aromatic heterocycles. The first kappa shape index (κ1) is 14.7. The van der Waals surface area contributed by atoms with E-state index in [4.69, 9.17) is 5.73 Å². The lowest BCUT2D eigenvalue weighted by atomic mass is 10.2. The summed E-state index contributed by atoms with van der Waals surface area (Å²) < 4.78 is 37.0. The maximum absolute atomic E-state index is 12.3. The van der Waals surface area contributed by atoms with Crippen LogP contribution in [0.25, 0.3) is 0 Å². The predicted molar refractivity (Wildman–Crippen MR) is 63.1 cm³/mol. The molecule has 0 saturated carbocycles. The summed E-state index contributed by atoms with van der Waals surface area (Å²) in [7, 11) is 0. The van der Waals surface area contributed by atoms with Crippen molar-refractivity contribution in [2.45, 2.75) is 32.5 Å². The molecule has 1 amide bonds. The van der Waals surface area contributed by atoms with Crippen LogP contribution in [0.4, 0.5) is 18.3 Å². The van der Waals surface area contributed by atoms with Crippen LogP contribution in [-0.4, -0.2) is 34.6 Å². The lowest BCUT2D eigenvalue weighted by molar-refractivity contribution is -0.164. The topological polar surface area (TPSA) is 59.2 Å². The second-order valence-electron chi connectivity index (χ2n) is 4.08. The monoisotopic (exact) mass is 281 g/mol. The van der Waals surface area contributed by atoms with Gasteiger partial charge in [0.05, 0.1) is 12.1 Å². The summed E-state index contributed by atoms with van der Waals surface area (Å²) in [6.45, 7) is 1.83. The van der Waals surface area contributed by atoms with Gasteiger partial charge in [-0.2, -0.15) is 13.2 Å². The van der Waals surface area contributed by atoms with E-state index in [1.165, 1.54) is 0 Å². The minimum Gasteiger partial charge on any atom is -0.375 e. The fourth-order valence-corrected chi connectivity index (χ4v) is 1.97. The van der Waals surface area contributed by atoms with E-state index in [0.29, 0.717) is 10.8 Å². The Morgan fingerprint density at radius 1 is 1.56 bits per heavy atom. The third-order valence-corrected chi connectivity index (χ3v) is 2.92. The first-order chi connectivity index (χ1) is 8.19. The minimum absolute atomic E-state index is 0.165. The van der Waals surface area contributed by atoms with E-state index in [2.05, 4.69) is 4.98 Å². The molecular weight excluding hydrogens is 267 g/mol. The Hall–Kier alpha value is -1.31. The first-order valence-corrected chi connectivity index (χ1v) is 6.13. The molecule has 1 rings (SSSR count). The fraction of sp³-hybridized carbons (Fsp3) is 0.600. The summed E-state index contributed by atoms with van der Waals surface area (Å²) >= 11 is 1.15. The van der Waals surface area contributed by atoms with E-state index in [1.54, 1.807) is 19.2 Å². The number of carbonyl (C=O) groups excluding carboxylic acids is 1. The van der Waals surface area contributed by atoms with Crippen molar-refractivity contribution in [3.05, 3.63) is 11.1 Å². The summed E-state index contributed by atoms with van der Waals surface area (Å²) in [5.41, 5.74) is 5.79. The van der Waals surface area contributed by atoms with Crippen LogP contribution in [0.1, 0.15) is 19.5 Å². The average Bonchev–Trinajstić information content (AvgIpc) is 2.58. The predicted octanol–water partition coefficient (Wildman–Crippen LogP) is 2.07. The summed E-state index contributed by atoms with van der Waals surface area (Å²) in [5, 5.41) is 1.86. The molecule has 1 heterocycles. The van der Waals surface area contributed by atoms with Crippen molar-refractivity contribution in [2.24, 2.45) is 0 Å². The highest BCUT2D eigenvalue weighted by Crippen LogP contribution is 2.19. The van der Waals surface area contributed by atoms with Crippen molar-refractivity contribution in [3.8, 4) is 0 Å². The Morgan fingerprint density at radius 2 is 2.17 bits per heavy atom. The number of hydrogen-bond acceptors (Lipinski definition) is 4. The number of nitrogen functional groups attached to an aromatic ring is 1. The van der Waals surface area contributed by atoms with Gasteiger partial charge >= 0.3 is 6.18 Å². The van der Waals surface area contributed by atoms with E-state index in [0.717, 1.165) is 16.2 Å². The zero-order valence-corrected chi connectivity index (χ0v) is 10.8. The van der Waals surface area contributed by atoms with E-state index < -0.39 is 24.7 Å². The molecule has 0 saturated heterocycles. The van der Waals surface area contributed by atoms with Gasteiger partial charge in [-0.15, -0.1) is 11.3 Å². The van der Waals surface area contributed by atoms with Crippen LogP contribution in [0.15, 0.2) is 5.38 Å². The van der Waals surface area contributed by atoms with Crippen LogP contribution in [0.3, 0.4) is 0 Å². The number of anilines is 1. The summed E-state index contributed by atoms with van der Waals surface area (Å²) in [6.07, 6.45) is -4.57. The van der Waals surface area contributed by atoms with Crippen LogP contribution in [0.2, 0.25) is 0 Å². The molecule has 1 aromatic rings. The molecule has 8 heteroatoms. The zero-order valence-electron chi connectivity index (χ0n) is 9.99. The Morgan fingerprint density at radius 3 is 2.56 bits per heavy atom. The number of thiazole rings is 1. The zero-order chi connectivity index (χ0) is 13.9. The van der Waals surface area contributed by atoms with Gasteiger partial charge in [0.2, 0.25) is 5.91 Å². The largest absolute Gasteiger partial charge is 0.406 e. The molecule has 0 atom stereocenters. The molecule has 0 radical (unpaired) electrons. The average molecular weight is 281 g/mol. The van der Waals surface area contributed by atoms with Crippen LogP contribution >= 0.6 is 11.3 Å². The number of aromatic nitrogens is 1. The molecule has 0 spiro atoms. The maximum Gasteiger partial charge on any atom is 0.406 e. The van der Waals surface area contributed by atoms with Crippen LogP contribution in [0.5, 0.6) is 0 Å². The summed E-state index contributed by atoms with van der Waals surface area (Å²) in [5.74, 6) is -0.604. The third kappa shape index (κ3) is 4.52. The van der Waals surface area contributed by atoms with Gasteiger partial charge in [0.1, 0.15) is 6.54 Å². The molecule has 0 fully saturated rings. The van der Waals surface area contributed by atoms with Gasteiger partial charge in [-0.3, -0.25) is 4.79 Å². The number of nitrogens with two attached hydrogens (primary N) is 1. The van der Waals surface area contributed by atoms with Gasteiger partial charge in [-0.1, -0.05) is 0 Å². The highest BCUT2D eigenvalue weighted by atomic mass is 32.1. The highest BCUT2D eigenvalue weighted by Gasteiger charge is 2.34. The van der Waals surface area contributed by atoms with E-state index in [9.17, 15) is 18.0 Å². The lowest BCUT2D eigenvalue weighted by Gasteiger charge is -2.27. The number of nitrogens with zero attached hydrogens (tertiary/aromatic N) is 2. The second kappa shape index (κ2) is 5.55. The molecule has 102 valence electrons. The Balaban J connectivity index is 2.71. The Labute approximate surface area is 107 Å². The lowest BCUT2D eigenvalue weighted by Crippen LogP contribution is -2.44. The molecule has 0 aliphatic rings. The summed E-state index contributed by atoms with van der Waals surface area (Å²) in [6, 6.07) is -0.518. The van der Waals surface area contributed by atoms with Crippen molar-refractivity contribution in [1.29, 1.82) is 0 Å². The fourth-order valence-electron chi connectivity index (χ4n) is 1.41. The van der Waals surface area contributed by atoms with E-state index in [-0.39, 0.29) is 6.42 Å². The van der Waals surface area contributed by atoms with E-state index in [1.807, 2.05) is 0 Å². The second-order valence-corrected chi connectivity index (χ2v) is 4.97. The van der Waals surface area contributed by atoms with Crippen molar-refractivity contribution in [1.82, 2.24) is 9.88 Å². The van der Waals surface area contributed by atoms with Gasteiger partial charge < -0.3 is 10.6 Å². The van der Waals surface area contributed by atoms with Crippen LogP contribution in [-0.2, 0) is 11.2 Å². The SMILES string of the molecule is CC(C)N(CC(F)(F)F)C(=O)Cc1csc(N)n1. The van der Waals surface area contributed by atoms with Crippen LogP contribution in [0, 0.1) is 0 Å². The Bertz CT molecular complexity index is 417. The van der Waals surface area contributed by atoms with Gasteiger partial charge in [-0.25, -0.2) is 4.98 Å². The third-order valence-electron chi connectivity index (χ3n) is 2.20. The van der Waals surface area contributed by atoms with Gasteiger partial charge in [0.25, 0.3) is 0 Å². The summed E-state index contributed by atoms with van der Waals surface area (Å²) in [4.78, 5) is 16.4. The maximum atomic E-state index is 12.3. The molecule has 4 nitrogen and oxygen atoms in total. The molecular formula is C10H14F3N3OS. The van der Waals surface area contributed by atoms with Crippen molar-refractivity contribution in [3.63, 3.8) is 0 Å². The van der Waals surface area contributed by atoms with Gasteiger partial charge in [0.15, 0.2) is 5.13 Å². The van der Waals surface area contributed by atoms with Crippen molar-refractivity contribution in [2.75, 3.05) is 12.3 Å². The number of halogens is 3. The number of hydrogen-bond donors (Lipinski definition) is 1. The number of amides is 1. The number of alkyl halides is 3. The van der Waals surface area contributed by atoms with Gasteiger partial charge in [-0.05, 0) is 13.8 Å². The molecule has 18 heavy (non-hydrogen) atoms. The highest BCUT2D eigenvalue weighted by molar-refractivity contribution is 7.13. The normalized spacial score (nSPS) is 11.9. The molecule has 0 aromatic carbocycles. The molecule has 0 aliphatic carbocycles. The van der Waals surface area contributed by atoms with Crippen molar-refractivity contribution >= 4 is 22.4 Å². The van der Waals surface area contributed by atoms with Crippen molar-refractivity contribution < 1.29 is 18.0 Å². The quantitative estimate of drug-likeness (QED) is 0.919. The Kier molecular flexibility index (Phi) is 4.55. The molecule has 0 aliphatic heterocycles. The minimum atomic E-state index is -4.40. The first-order valence-electron chi connectivity index (χ1n) is 5.25. The number of carbonyl (C=O) groups is 1. The van der Waals surface area contributed by atoms with Gasteiger partial charge in [0, 0.05) is 11.4 Å². The standard InChI is InChI=1S/C10H14F3N3OS/c1-6(2)16(5-10(11,12)13)8(17)3-7-4-18-9(14)15-7/h4,6H,3,5H2,1-2H3,(H2,14,15). The molecule has 0 bridgehead atoms. The van der Waals surface area contributed by atoms with E-state index >= 15 is 0 Å². The molecule has 2 N–H and O–H groups in total.